The average Bonchev–Trinajstić information content (AvgIpc) is 2.82. The van der Waals surface area contributed by atoms with Gasteiger partial charge in [0.15, 0.2) is 0 Å². The Morgan fingerprint density at radius 1 is 1.31 bits per heavy atom. The molecule has 0 bridgehead atoms. The summed E-state index contributed by atoms with van der Waals surface area (Å²) in [6, 6.07) is 8.10. The Morgan fingerprint density at radius 3 is 2.75 bits per heavy atom. The molecule has 0 spiro atoms. The van der Waals surface area contributed by atoms with E-state index in [9.17, 15) is 0 Å². The summed E-state index contributed by atoms with van der Waals surface area (Å²) in [6.07, 6.45) is 1.79. The van der Waals surface area contributed by atoms with Gasteiger partial charge in [-0.3, -0.25) is 0 Å². The molecule has 16 heavy (non-hydrogen) atoms. The lowest BCUT2D eigenvalue weighted by Gasteiger charge is -2.05. The zero-order valence-corrected chi connectivity index (χ0v) is 9.96. The lowest BCUT2D eigenvalue weighted by atomic mass is 10.2. The Morgan fingerprint density at radius 2 is 2.12 bits per heavy atom. The summed E-state index contributed by atoms with van der Waals surface area (Å²) in [5, 5.41) is 6.06. The van der Waals surface area contributed by atoms with E-state index in [1.165, 1.54) is 5.56 Å². The van der Waals surface area contributed by atoms with E-state index in [2.05, 4.69) is 22.4 Å². The summed E-state index contributed by atoms with van der Waals surface area (Å²) in [7, 11) is 1.94. The Balaban J connectivity index is 1.90. The number of nitrogens with one attached hydrogen (secondary N) is 1. The number of thiazole rings is 1. The van der Waals surface area contributed by atoms with Gasteiger partial charge in [-0.25, -0.2) is 4.98 Å². The Kier molecular flexibility index (Phi) is 3.91. The third kappa shape index (κ3) is 3.05. The summed E-state index contributed by atoms with van der Waals surface area (Å²) in [5.74, 6) is 0.884. The first-order valence-electron chi connectivity index (χ1n) is 5.13. The predicted molar refractivity (Wildman–Crippen MR) is 65.7 cm³/mol. The maximum Gasteiger partial charge on any atom is 0.140 e. The van der Waals surface area contributed by atoms with E-state index in [0.717, 1.165) is 17.3 Å². The molecule has 0 aliphatic carbocycles. The van der Waals surface area contributed by atoms with E-state index < -0.39 is 0 Å². The standard InChI is InChI=1S/C12H14N2OS/c1-13-8-10-2-4-11(5-3-10)15-9-12-14-6-7-16-12/h2-7,13H,8-9H2,1H3. The summed E-state index contributed by atoms with van der Waals surface area (Å²) in [5.41, 5.74) is 1.25. The van der Waals surface area contributed by atoms with Gasteiger partial charge in [0.2, 0.25) is 0 Å². The van der Waals surface area contributed by atoms with Crippen LogP contribution in [0.3, 0.4) is 0 Å². The third-order valence-electron chi connectivity index (χ3n) is 2.15. The van der Waals surface area contributed by atoms with Crippen molar-refractivity contribution in [3.63, 3.8) is 0 Å². The molecule has 1 aromatic heterocycles. The van der Waals surface area contributed by atoms with Crippen LogP contribution in [0, 0.1) is 0 Å². The molecule has 0 saturated carbocycles. The molecule has 1 N–H and O–H groups in total. The van der Waals surface area contributed by atoms with E-state index in [1.807, 2.05) is 24.6 Å². The van der Waals surface area contributed by atoms with E-state index in [1.54, 1.807) is 17.5 Å². The minimum Gasteiger partial charge on any atom is -0.486 e. The minimum atomic E-state index is 0.545. The van der Waals surface area contributed by atoms with E-state index in [4.69, 9.17) is 4.74 Å². The number of aromatic nitrogens is 1. The van der Waals surface area contributed by atoms with Crippen LogP contribution in [-0.2, 0) is 13.2 Å². The molecular weight excluding hydrogens is 220 g/mol. The highest BCUT2D eigenvalue weighted by Crippen LogP contribution is 2.14. The van der Waals surface area contributed by atoms with Crippen LogP contribution in [-0.4, -0.2) is 12.0 Å². The number of nitrogens with zero attached hydrogens (tertiary/aromatic N) is 1. The molecule has 0 radical (unpaired) electrons. The largest absolute Gasteiger partial charge is 0.486 e. The maximum atomic E-state index is 5.61. The predicted octanol–water partition coefficient (Wildman–Crippen LogP) is 2.44. The molecule has 2 rings (SSSR count). The second-order valence-corrected chi connectivity index (χ2v) is 4.37. The Labute approximate surface area is 99.1 Å². The lowest BCUT2D eigenvalue weighted by Crippen LogP contribution is -2.04. The van der Waals surface area contributed by atoms with Gasteiger partial charge < -0.3 is 10.1 Å². The zero-order chi connectivity index (χ0) is 11.2. The molecule has 0 atom stereocenters. The number of hydrogen-bond donors (Lipinski definition) is 1. The van der Waals surface area contributed by atoms with Crippen molar-refractivity contribution >= 4 is 11.3 Å². The minimum absolute atomic E-state index is 0.545. The zero-order valence-electron chi connectivity index (χ0n) is 9.14. The molecule has 0 saturated heterocycles. The molecule has 0 aliphatic rings. The highest BCUT2D eigenvalue weighted by molar-refractivity contribution is 7.09. The maximum absolute atomic E-state index is 5.61. The summed E-state index contributed by atoms with van der Waals surface area (Å²) in [4.78, 5) is 4.16. The van der Waals surface area contributed by atoms with Gasteiger partial charge in [-0.05, 0) is 24.7 Å². The van der Waals surface area contributed by atoms with Gasteiger partial charge in [0.05, 0.1) is 0 Å². The summed E-state index contributed by atoms with van der Waals surface area (Å²) >= 11 is 1.61. The highest BCUT2D eigenvalue weighted by atomic mass is 32.1. The molecule has 4 heteroatoms. The van der Waals surface area contributed by atoms with Crippen molar-refractivity contribution in [1.82, 2.24) is 10.3 Å². The first-order chi connectivity index (χ1) is 7.88. The number of hydrogen-bond acceptors (Lipinski definition) is 4. The molecule has 0 amide bonds. The van der Waals surface area contributed by atoms with Gasteiger partial charge in [-0.2, -0.15) is 0 Å². The fourth-order valence-electron chi connectivity index (χ4n) is 1.38. The SMILES string of the molecule is CNCc1ccc(OCc2nccs2)cc1. The molecule has 3 nitrogen and oxygen atoms in total. The Hall–Kier alpha value is -1.39. The summed E-state index contributed by atoms with van der Waals surface area (Å²) < 4.78 is 5.61. The molecule has 1 heterocycles. The fourth-order valence-corrected chi connectivity index (χ4v) is 1.90. The number of rotatable bonds is 5. The van der Waals surface area contributed by atoms with Crippen molar-refractivity contribution in [2.75, 3.05) is 7.05 Å². The van der Waals surface area contributed by atoms with Crippen LogP contribution in [0.1, 0.15) is 10.6 Å². The first kappa shape index (κ1) is 11.1. The van der Waals surface area contributed by atoms with Gasteiger partial charge in [0.25, 0.3) is 0 Å². The molecule has 84 valence electrons. The van der Waals surface area contributed by atoms with E-state index in [-0.39, 0.29) is 0 Å². The molecule has 0 fully saturated rings. The monoisotopic (exact) mass is 234 g/mol. The topological polar surface area (TPSA) is 34.1 Å². The number of benzene rings is 1. The lowest BCUT2D eigenvalue weighted by molar-refractivity contribution is 0.305. The highest BCUT2D eigenvalue weighted by Gasteiger charge is 1.98. The van der Waals surface area contributed by atoms with Crippen molar-refractivity contribution in [3.8, 4) is 5.75 Å². The Bertz CT molecular complexity index is 411. The van der Waals surface area contributed by atoms with Gasteiger partial charge in [-0.15, -0.1) is 11.3 Å². The molecule has 2 aromatic rings. The van der Waals surface area contributed by atoms with Crippen molar-refractivity contribution in [2.45, 2.75) is 13.2 Å². The van der Waals surface area contributed by atoms with Crippen molar-refractivity contribution in [3.05, 3.63) is 46.4 Å². The second-order valence-electron chi connectivity index (χ2n) is 3.39. The summed E-state index contributed by atoms with van der Waals surface area (Å²) in [6.45, 7) is 1.43. The van der Waals surface area contributed by atoms with Crippen molar-refractivity contribution < 1.29 is 4.74 Å². The van der Waals surface area contributed by atoms with E-state index >= 15 is 0 Å². The van der Waals surface area contributed by atoms with Crippen LogP contribution in [0.25, 0.3) is 0 Å². The van der Waals surface area contributed by atoms with Gasteiger partial charge >= 0.3 is 0 Å². The molecular formula is C12H14N2OS. The first-order valence-corrected chi connectivity index (χ1v) is 6.01. The van der Waals surface area contributed by atoms with Crippen molar-refractivity contribution in [2.24, 2.45) is 0 Å². The van der Waals surface area contributed by atoms with Gasteiger partial charge in [-0.1, -0.05) is 12.1 Å². The molecule has 0 aliphatic heterocycles. The second kappa shape index (κ2) is 5.63. The normalized spacial score (nSPS) is 10.3. The van der Waals surface area contributed by atoms with E-state index in [0.29, 0.717) is 6.61 Å². The van der Waals surface area contributed by atoms with Crippen LogP contribution in [0.5, 0.6) is 5.75 Å². The molecule has 1 aromatic carbocycles. The molecule has 0 unspecified atom stereocenters. The fraction of sp³-hybridized carbons (Fsp3) is 0.250. The quantitative estimate of drug-likeness (QED) is 0.862. The smallest absolute Gasteiger partial charge is 0.140 e. The average molecular weight is 234 g/mol. The number of ether oxygens (including phenoxy) is 1. The third-order valence-corrected chi connectivity index (χ3v) is 2.90. The van der Waals surface area contributed by atoms with Crippen molar-refractivity contribution in [1.29, 1.82) is 0 Å². The van der Waals surface area contributed by atoms with Crippen LogP contribution in [0.2, 0.25) is 0 Å². The van der Waals surface area contributed by atoms with Crippen LogP contribution < -0.4 is 10.1 Å². The van der Waals surface area contributed by atoms with Crippen LogP contribution >= 0.6 is 11.3 Å². The van der Waals surface area contributed by atoms with Crippen LogP contribution in [0.4, 0.5) is 0 Å². The van der Waals surface area contributed by atoms with Gasteiger partial charge in [0.1, 0.15) is 17.4 Å². The van der Waals surface area contributed by atoms with Gasteiger partial charge in [0, 0.05) is 18.1 Å². The van der Waals surface area contributed by atoms with Crippen LogP contribution in [0.15, 0.2) is 35.8 Å².